The minimum atomic E-state index is -1.19. The highest BCUT2D eigenvalue weighted by Crippen LogP contribution is 2.19. The van der Waals surface area contributed by atoms with Gasteiger partial charge in [-0.2, -0.15) is 0 Å². The van der Waals surface area contributed by atoms with E-state index in [1.54, 1.807) is 0 Å². The van der Waals surface area contributed by atoms with Crippen molar-refractivity contribution in [2.24, 2.45) is 0 Å². The lowest BCUT2D eigenvalue weighted by molar-refractivity contribution is 3.21. The molecule has 0 aromatic rings. The summed E-state index contributed by atoms with van der Waals surface area (Å²) in [7, 11) is 133. The van der Waals surface area contributed by atoms with Gasteiger partial charge in [0, 0.05) is 0 Å². The molecule has 0 rings (SSSR count). The molecule has 0 spiro atoms. The van der Waals surface area contributed by atoms with E-state index in [0.29, 0.717) is 0 Å². The van der Waals surface area contributed by atoms with Gasteiger partial charge in [0.2, 0.25) is 0 Å². The largest absolute Gasteiger partial charge is 0.128 e. The van der Waals surface area contributed by atoms with Crippen molar-refractivity contribution in [1.29, 1.82) is 0 Å². The van der Waals surface area contributed by atoms with Crippen LogP contribution in [0.15, 0.2) is 0 Å². The van der Waals surface area contributed by atoms with E-state index in [1.165, 1.54) is 0 Å². The maximum atomic E-state index is 6.54. The van der Waals surface area contributed by atoms with Crippen LogP contribution in [0, 0.1) is 0 Å². The standard InChI is InChI=1S/B42H3/c1-23(2)34(24(3)4)39(33(21)22)42(40(35(25(5)6)26(7)8)36(27(9)10)28(11)12)41(37(29(13)14)30(15)16)38(31(17)18)32(19)20/h1H3/q-1. The first-order valence-electron chi connectivity index (χ1n) is 13.3. The molecule has 0 aliphatic heterocycles. The van der Waals surface area contributed by atoms with Crippen molar-refractivity contribution in [2.75, 3.05) is 0 Å². The second-order valence-electron chi connectivity index (χ2n) is 11.2. The van der Waals surface area contributed by atoms with Gasteiger partial charge in [-0.3, -0.25) is 0 Å². The molecule has 42 heavy (non-hydrogen) atoms. The van der Waals surface area contributed by atoms with Gasteiger partial charge in [-0.15, -0.1) is 6.39 Å². The molecule has 0 saturated carbocycles. The Morgan fingerprint density at radius 3 is 0.452 bits per heavy atom. The van der Waals surface area contributed by atoms with E-state index in [9.17, 15) is 0 Å². The van der Waals surface area contributed by atoms with Crippen LogP contribution in [0.4, 0.5) is 0 Å². The summed E-state index contributed by atoms with van der Waals surface area (Å²) in [5.74, 6) is 0. The third kappa shape index (κ3) is 12.0. The van der Waals surface area contributed by atoms with Crippen molar-refractivity contribution in [1.82, 2.24) is 0 Å². The van der Waals surface area contributed by atoms with Gasteiger partial charge >= 0.3 is 0 Å². The molecule has 0 unspecified atom stereocenters. The Bertz CT molecular complexity index is 563. The summed E-state index contributed by atoms with van der Waals surface area (Å²) in [5.41, 5.74) is 0. The molecule has 0 aromatic carbocycles. The maximum Gasteiger partial charge on any atom is -0.0000000000000851 e. The monoisotopic (exact) mass is 465 g/mol. The SMILES string of the molecule is [B]B([B])B(B([B])[B])B(B(B([B])[B])B([B])[B])B(B(B([B])[B])B(B([B])[B])B([B])[BH3-])B(B(B([B])[B])B([B])[B])B(B([B])[B])B([B])[B]. The minimum absolute atomic E-state index is 0.463. The van der Waals surface area contributed by atoms with Crippen LogP contribution in [0.25, 0.3) is 0 Å². The van der Waals surface area contributed by atoms with E-state index >= 15 is 0 Å². The molecule has 0 atom stereocenters. The summed E-state index contributed by atoms with van der Waals surface area (Å²) in [4.78, 5) is 0. The fourth-order valence-corrected chi connectivity index (χ4v) is 6.67. The van der Waals surface area contributed by atoms with Crippen LogP contribution >= 0.6 is 0 Å². The zero-order chi connectivity index (χ0) is 33.5. The number of hydrogen-bond acceptors (Lipinski definition) is 0. The van der Waals surface area contributed by atoms with Crippen molar-refractivity contribution in [3.8, 4) is 0 Å². The number of rotatable bonds is 19. The van der Waals surface area contributed by atoms with E-state index in [-0.39, 0.29) is 0 Å². The molecule has 0 aromatic heterocycles. The molecule has 130 valence electrons. The molecule has 0 bridgehead atoms. The van der Waals surface area contributed by atoms with Crippen LogP contribution in [-0.4, -0.2) is 298 Å². The third-order valence-electron chi connectivity index (χ3n) is 8.22. The van der Waals surface area contributed by atoms with Gasteiger partial charge in [0.1, 0.15) is 0 Å². The lowest BCUT2D eigenvalue weighted by Gasteiger charge is -2.55. The number of hydrogen-bond donors (Lipinski definition) is 0. The zero-order valence-electron chi connectivity index (χ0n) is 23.7. The van der Waals surface area contributed by atoms with Crippen LogP contribution in [0.1, 0.15) is 0 Å². The van der Waals surface area contributed by atoms with Gasteiger partial charge in [0.25, 0.3) is 0 Å². The van der Waals surface area contributed by atoms with Crippen LogP contribution in [0.5, 0.6) is 0 Å². The summed E-state index contributed by atoms with van der Waals surface area (Å²) < 4.78 is 0. The molecule has 0 N–H and O–H groups in total. The second-order valence-corrected chi connectivity index (χ2v) is 11.2. The van der Waals surface area contributed by atoms with Crippen LogP contribution in [-0.2, 0) is 0 Å². The average molecular weight is 457 g/mol. The van der Waals surface area contributed by atoms with Crippen molar-refractivity contribution >= 4 is 298 Å². The predicted octanol–water partition coefficient (Wildman–Crippen LogP) is -16.8. The van der Waals surface area contributed by atoms with Gasteiger partial charge in [0.05, 0.1) is 0 Å². The normalized spacial score (nSPS) is 9.64. The highest BCUT2D eigenvalue weighted by molar-refractivity contribution is 8.33. The van der Waals surface area contributed by atoms with Gasteiger partial charge in [0.15, 0.2) is 0 Å². The minimum Gasteiger partial charge on any atom is -0.128 e. The van der Waals surface area contributed by atoms with Crippen molar-refractivity contribution < 1.29 is 0 Å². The quantitative estimate of drug-likeness (QED) is 0.169. The first kappa shape index (κ1) is 44.7. The predicted molar refractivity (Wildman–Crippen MR) is 246 cm³/mol. The molecule has 42 heteroatoms. The van der Waals surface area contributed by atoms with Crippen molar-refractivity contribution in [3.05, 3.63) is 0 Å². The molecule has 0 nitrogen and oxygen atoms in total. The molecular weight excluding hydrogens is 454 g/mol. The smallest absolute Gasteiger partial charge is 0.0000000000000851 e. The molecule has 0 heterocycles. The summed E-state index contributed by atoms with van der Waals surface area (Å²) in [5, 5.41) is 0. The third-order valence-corrected chi connectivity index (χ3v) is 8.22. The molecule has 42 radical (unpaired) electrons. The Hall–Kier alpha value is 2.73. The molecule has 0 aliphatic carbocycles. The van der Waals surface area contributed by atoms with E-state index in [1.807, 2.05) is 0 Å². The summed E-state index contributed by atoms with van der Waals surface area (Å²) in [6.07, 6.45) is -21.0. The Morgan fingerprint density at radius 1 is 0.190 bits per heavy atom. The Morgan fingerprint density at radius 2 is 0.333 bits per heavy atom. The average Bonchev–Trinajstić information content (AvgIpc) is 2.75. The molecule has 0 saturated heterocycles. The van der Waals surface area contributed by atoms with Crippen LogP contribution < -0.4 is 0 Å². The fourth-order valence-electron chi connectivity index (χ4n) is 6.67. The lowest BCUT2D eigenvalue weighted by atomic mass is 8.27. The zero-order valence-corrected chi connectivity index (χ0v) is 23.7. The highest BCUT2D eigenvalue weighted by atomic mass is 13.4. The van der Waals surface area contributed by atoms with Crippen molar-refractivity contribution in [3.63, 3.8) is 0 Å². The first-order valence-corrected chi connectivity index (χ1v) is 13.3. The van der Waals surface area contributed by atoms with Gasteiger partial charge in [-0.1, -0.05) is 7.74 Å². The van der Waals surface area contributed by atoms with Crippen LogP contribution in [0.2, 0.25) is 0 Å². The van der Waals surface area contributed by atoms with E-state index in [4.69, 9.17) is 162 Å². The van der Waals surface area contributed by atoms with E-state index in [0.717, 1.165) is 0 Å². The second kappa shape index (κ2) is 20.3. The molecular formula is H3B42-. The van der Waals surface area contributed by atoms with Crippen molar-refractivity contribution in [2.45, 2.75) is 0 Å². The first-order chi connectivity index (χ1) is 19.0. The van der Waals surface area contributed by atoms with Gasteiger partial charge in [-0.05, 0) is 284 Å². The summed E-state index contributed by atoms with van der Waals surface area (Å²) in [6, 6.07) is 0. The van der Waals surface area contributed by atoms with Gasteiger partial charge < -0.3 is 0 Å². The van der Waals surface area contributed by atoms with Gasteiger partial charge in [-0.25, -0.2) is 0 Å². The van der Waals surface area contributed by atoms with E-state index in [2.05, 4.69) is 0 Å². The maximum absolute atomic E-state index is 6.54. The molecule has 0 aliphatic rings. The Balaban J connectivity index is 8.59. The fraction of sp³-hybridized carbons (Fsp3) is 0. The summed E-state index contributed by atoms with van der Waals surface area (Å²) in [6.45, 7) is 0. The van der Waals surface area contributed by atoms with Crippen LogP contribution in [0.3, 0.4) is 0 Å². The highest BCUT2D eigenvalue weighted by Gasteiger charge is 2.57. The summed E-state index contributed by atoms with van der Waals surface area (Å²) >= 11 is 0. The molecule has 0 fully saturated rings. The molecule has 0 amide bonds. The Labute approximate surface area is 295 Å². The Kier molecular flexibility index (Phi) is 21.6. The topological polar surface area (TPSA) is 0 Å². The van der Waals surface area contributed by atoms with E-state index < -0.39 is 135 Å². The lowest BCUT2D eigenvalue weighted by Crippen LogP contribution is -2.93.